The molecule has 0 radical (unpaired) electrons. The third-order valence-corrected chi connectivity index (χ3v) is 4.16. The normalized spacial score (nSPS) is 11.0. The highest BCUT2D eigenvalue weighted by atomic mass is 32.1. The van der Waals surface area contributed by atoms with Crippen molar-refractivity contribution in [3.8, 4) is 17.2 Å². The molecule has 0 spiro atoms. The summed E-state index contributed by atoms with van der Waals surface area (Å²) >= 11 is 5.31. The van der Waals surface area contributed by atoms with Gasteiger partial charge in [-0.3, -0.25) is 5.43 Å². The Kier molecular flexibility index (Phi) is 8.03. The molecule has 2 aromatic carbocycles. The van der Waals surface area contributed by atoms with Gasteiger partial charge in [0.2, 0.25) is 0 Å². The zero-order valence-electron chi connectivity index (χ0n) is 16.7. The molecule has 0 saturated heterocycles. The number of methoxy groups -OCH3 is 4. The van der Waals surface area contributed by atoms with E-state index in [2.05, 4.69) is 15.8 Å². The van der Waals surface area contributed by atoms with Crippen LogP contribution in [0.5, 0.6) is 17.2 Å². The SMILES string of the molecule is COCc1cc(/C(C)=N\NC(=S)Nc2ccc(OC)c(OC)c2)ccc1OC. The third kappa shape index (κ3) is 5.58. The first-order chi connectivity index (χ1) is 13.5. The second kappa shape index (κ2) is 10.5. The Bertz CT molecular complexity index is 855. The topological polar surface area (TPSA) is 73.3 Å². The first-order valence-electron chi connectivity index (χ1n) is 8.51. The predicted molar refractivity (Wildman–Crippen MR) is 115 cm³/mol. The molecule has 0 amide bonds. The summed E-state index contributed by atoms with van der Waals surface area (Å²) in [7, 11) is 6.45. The van der Waals surface area contributed by atoms with Crippen LogP contribution < -0.4 is 25.0 Å². The maximum Gasteiger partial charge on any atom is 0.191 e. The van der Waals surface area contributed by atoms with Crippen molar-refractivity contribution in [2.24, 2.45) is 5.10 Å². The summed E-state index contributed by atoms with van der Waals surface area (Å²) in [6.07, 6.45) is 0. The van der Waals surface area contributed by atoms with Gasteiger partial charge in [0.25, 0.3) is 0 Å². The summed E-state index contributed by atoms with van der Waals surface area (Å²) < 4.78 is 21.1. The molecule has 0 aliphatic carbocycles. The van der Waals surface area contributed by atoms with Crippen LogP contribution in [0.3, 0.4) is 0 Å². The van der Waals surface area contributed by atoms with Crippen molar-refractivity contribution in [2.45, 2.75) is 13.5 Å². The highest BCUT2D eigenvalue weighted by molar-refractivity contribution is 7.80. The maximum atomic E-state index is 5.35. The lowest BCUT2D eigenvalue weighted by Gasteiger charge is -2.12. The second-order valence-corrected chi connectivity index (χ2v) is 6.20. The quantitative estimate of drug-likeness (QED) is 0.397. The fourth-order valence-corrected chi connectivity index (χ4v) is 2.71. The minimum atomic E-state index is 0.359. The van der Waals surface area contributed by atoms with E-state index in [-0.39, 0.29) is 0 Å². The van der Waals surface area contributed by atoms with Crippen molar-refractivity contribution in [3.05, 3.63) is 47.5 Å². The van der Waals surface area contributed by atoms with Crippen LogP contribution in [0.1, 0.15) is 18.1 Å². The van der Waals surface area contributed by atoms with Crippen LogP contribution in [0.4, 0.5) is 5.69 Å². The van der Waals surface area contributed by atoms with Crippen LogP contribution in [0.2, 0.25) is 0 Å². The maximum absolute atomic E-state index is 5.35. The van der Waals surface area contributed by atoms with E-state index in [4.69, 9.17) is 31.2 Å². The lowest BCUT2D eigenvalue weighted by molar-refractivity contribution is 0.181. The van der Waals surface area contributed by atoms with Crippen LogP contribution >= 0.6 is 12.2 Å². The molecule has 8 heteroatoms. The van der Waals surface area contributed by atoms with Gasteiger partial charge in [-0.1, -0.05) is 0 Å². The van der Waals surface area contributed by atoms with Crippen molar-refractivity contribution in [1.82, 2.24) is 5.43 Å². The van der Waals surface area contributed by atoms with Gasteiger partial charge in [-0.15, -0.1) is 0 Å². The molecule has 28 heavy (non-hydrogen) atoms. The van der Waals surface area contributed by atoms with Gasteiger partial charge in [0, 0.05) is 24.4 Å². The molecule has 2 N–H and O–H groups in total. The monoisotopic (exact) mass is 403 g/mol. The molecular formula is C20H25N3O4S. The van der Waals surface area contributed by atoms with E-state index in [0.717, 1.165) is 28.3 Å². The Labute approximate surface area is 170 Å². The molecule has 7 nitrogen and oxygen atoms in total. The van der Waals surface area contributed by atoms with E-state index in [1.165, 1.54) is 0 Å². The number of hydrogen-bond acceptors (Lipinski definition) is 6. The highest BCUT2D eigenvalue weighted by Crippen LogP contribution is 2.29. The molecule has 0 aliphatic heterocycles. The molecule has 0 saturated carbocycles. The molecule has 150 valence electrons. The molecule has 0 atom stereocenters. The summed E-state index contributed by atoms with van der Waals surface area (Å²) in [6, 6.07) is 11.2. The Hall–Kier alpha value is -2.84. The smallest absolute Gasteiger partial charge is 0.191 e. The average Bonchev–Trinajstić information content (AvgIpc) is 2.72. The van der Waals surface area contributed by atoms with Gasteiger partial charge in [0.05, 0.1) is 33.6 Å². The molecule has 0 unspecified atom stereocenters. The van der Waals surface area contributed by atoms with E-state index in [1.54, 1.807) is 40.6 Å². The number of ether oxygens (including phenoxy) is 4. The standard InChI is InChI=1S/C20H25N3O4S/c1-13(14-6-8-17(25-3)15(10-14)12-24-2)22-23-20(28)21-16-7-9-18(26-4)19(11-16)27-5/h6-11H,12H2,1-5H3,(H2,21,23,28)/b22-13-. The predicted octanol–water partition coefficient (Wildman–Crippen LogP) is 3.57. The number of hydrazone groups is 1. The van der Waals surface area contributed by atoms with Gasteiger partial charge < -0.3 is 24.3 Å². The summed E-state index contributed by atoms with van der Waals surface area (Å²) in [4.78, 5) is 0. The summed E-state index contributed by atoms with van der Waals surface area (Å²) in [6.45, 7) is 2.35. The molecular weight excluding hydrogens is 378 g/mol. The van der Waals surface area contributed by atoms with Crippen molar-refractivity contribution in [2.75, 3.05) is 33.8 Å². The van der Waals surface area contributed by atoms with Gasteiger partial charge in [0.1, 0.15) is 5.75 Å². The number of nitrogens with one attached hydrogen (secondary N) is 2. The molecule has 0 bridgehead atoms. The second-order valence-electron chi connectivity index (χ2n) is 5.79. The van der Waals surface area contributed by atoms with Crippen LogP contribution in [0.15, 0.2) is 41.5 Å². The van der Waals surface area contributed by atoms with E-state index in [1.807, 2.05) is 31.2 Å². The van der Waals surface area contributed by atoms with Crippen molar-refractivity contribution in [1.29, 1.82) is 0 Å². The Morgan fingerprint density at radius 3 is 2.25 bits per heavy atom. The Morgan fingerprint density at radius 1 is 0.929 bits per heavy atom. The largest absolute Gasteiger partial charge is 0.496 e. The van der Waals surface area contributed by atoms with Crippen LogP contribution in [-0.2, 0) is 11.3 Å². The van der Waals surface area contributed by atoms with Crippen molar-refractivity contribution in [3.63, 3.8) is 0 Å². The number of benzene rings is 2. The van der Waals surface area contributed by atoms with Crippen LogP contribution in [0, 0.1) is 0 Å². The number of hydrogen-bond donors (Lipinski definition) is 2. The third-order valence-electron chi connectivity index (χ3n) is 3.96. The summed E-state index contributed by atoms with van der Waals surface area (Å²) in [5, 5.41) is 7.77. The van der Waals surface area contributed by atoms with Gasteiger partial charge >= 0.3 is 0 Å². The summed E-state index contributed by atoms with van der Waals surface area (Å²) in [5.41, 5.74) is 6.27. The lowest BCUT2D eigenvalue weighted by atomic mass is 10.1. The zero-order valence-corrected chi connectivity index (χ0v) is 17.5. The lowest BCUT2D eigenvalue weighted by Crippen LogP contribution is -2.25. The minimum Gasteiger partial charge on any atom is -0.496 e. The van der Waals surface area contributed by atoms with E-state index >= 15 is 0 Å². The number of anilines is 1. The fourth-order valence-electron chi connectivity index (χ4n) is 2.54. The van der Waals surface area contributed by atoms with Crippen molar-refractivity contribution < 1.29 is 18.9 Å². The molecule has 0 aromatic heterocycles. The Balaban J connectivity index is 2.06. The minimum absolute atomic E-state index is 0.359. The first-order valence-corrected chi connectivity index (χ1v) is 8.92. The number of rotatable bonds is 8. The van der Waals surface area contributed by atoms with Crippen LogP contribution in [0.25, 0.3) is 0 Å². The molecule has 0 fully saturated rings. The van der Waals surface area contributed by atoms with Gasteiger partial charge in [-0.25, -0.2) is 0 Å². The summed E-state index contributed by atoms with van der Waals surface area (Å²) in [5.74, 6) is 2.03. The van der Waals surface area contributed by atoms with Crippen molar-refractivity contribution >= 4 is 28.7 Å². The molecule has 0 aliphatic rings. The zero-order chi connectivity index (χ0) is 20.5. The van der Waals surface area contributed by atoms with E-state index in [0.29, 0.717) is 23.2 Å². The average molecular weight is 404 g/mol. The van der Waals surface area contributed by atoms with Gasteiger partial charge in [-0.2, -0.15) is 5.10 Å². The van der Waals surface area contributed by atoms with E-state index < -0.39 is 0 Å². The molecule has 0 heterocycles. The van der Waals surface area contributed by atoms with E-state index in [9.17, 15) is 0 Å². The first kappa shape index (κ1) is 21.5. The number of thiocarbonyl (C=S) groups is 1. The fraction of sp³-hybridized carbons (Fsp3) is 0.300. The molecule has 2 aromatic rings. The van der Waals surface area contributed by atoms with Gasteiger partial charge in [-0.05, 0) is 55.0 Å². The molecule has 2 rings (SSSR count). The van der Waals surface area contributed by atoms with Gasteiger partial charge in [0.15, 0.2) is 16.6 Å². The van der Waals surface area contributed by atoms with Crippen LogP contribution in [-0.4, -0.2) is 39.3 Å². The Morgan fingerprint density at radius 2 is 1.61 bits per heavy atom. The number of nitrogens with zero attached hydrogens (tertiary/aromatic N) is 1. The highest BCUT2D eigenvalue weighted by Gasteiger charge is 2.08.